The van der Waals surface area contributed by atoms with Gasteiger partial charge in [0.25, 0.3) is 0 Å². The Morgan fingerprint density at radius 1 is 1.14 bits per heavy atom. The summed E-state index contributed by atoms with van der Waals surface area (Å²) in [6.07, 6.45) is 0. The Morgan fingerprint density at radius 3 is 2.48 bits per heavy atom. The van der Waals surface area contributed by atoms with Crippen molar-refractivity contribution >= 4 is 0 Å². The number of benzene rings is 2. The zero-order chi connectivity index (χ0) is 15.4. The van der Waals surface area contributed by atoms with Crippen molar-refractivity contribution in [2.45, 2.75) is 33.4 Å². The smallest absolute Gasteiger partial charge is 0.122 e. The van der Waals surface area contributed by atoms with Crippen LogP contribution in [0.15, 0.2) is 36.4 Å². The highest BCUT2D eigenvalue weighted by atomic mass is 16.5. The summed E-state index contributed by atoms with van der Waals surface area (Å²) in [6, 6.07) is 13.8. The third-order valence-electron chi connectivity index (χ3n) is 3.58. The number of nitrogens with two attached hydrogens (primary N) is 1. The van der Waals surface area contributed by atoms with Crippen molar-refractivity contribution in [3.05, 3.63) is 64.2 Å². The van der Waals surface area contributed by atoms with Crippen molar-refractivity contribution < 1.29 is 4.74 Å². The first kappa shape index (κ1) is 15.1. The van der Waals surface area contributed by atoms with Crippen LogP contribution in [0, 0.1) is 25.2 Å². The lowest BCUT2D eigenvalue weighted by Gasteiger charge is -2.13. The summed E-state index contributed by atoms with van der Waals surface area (Å²) in [5.41, 5.74) is 10.9. The molecular weight excluding hydrogens is 260 g/mol. The topological polar surface area (TPSA) is 59.0 Å². The van der Waals surface area contributed by atoms with Gasteiger partial charge in [0.1, 0.15) is 12.4 Å². The Bertz CT molecular complexity index is 684. The van der Waals surface area contributed by atoms with E-state index in [2.05, 4.69) is 12.1 Å². The van der Waals surface area contributed by atoms with Crippen LogP contribution >= 0.6 is 0 Å². The third kappa shape index (κ3) is 3.62. The van der Waals surface area contributed by atoms with Crippen molar-refractivity contribution in [1.29, 1.82) is 5.26 Å². The van der Waals surface area contributed by atoms with Gasteiger partial charge in [-0.15, -0.1) is 0 Å². The first-order valence-electron chi connectivity index (χ1n) is 7.00. The second-order valence-electron chi connectivity index (χ2n) is 5.36. The molecule has 0 amide bonds. The Morgan fingerprint density at radius 2 is 1.90 bits per heavy atom. The maximum Gasteiger partial charge on any atom is 0.122 e. The highest BCUT2D eigenvalue weighted by molar-refractivity contribution is 5.39. The van der Waals surface area contributed by atoms with Crippen LogP contribution in [0.25, 0.3) is 0 Å². The van der Waals surface area contributed by atoms with Crippen LogP contribution in [0.1, 0.15) is 40.8 Å². The van der Waals surface area contributed by atoms with Gasteiger partial charge in [0.15, 0.2) is 0 Å². The fourth-order valence-electron chi connectivity index (χ4n) is 2.20. The number of hydrogen-bond donors (Lipinski definition) is 1. The molecule has 2 aromatic rings. The molecule has 0 bridgehead atoms. The van der Waals surface area contributed by atoms with Gasteiger partial charge in [-0.1, -0.05) is 18.2 Å². The molecule has 1 atom stereocenters. The molecule has 2 rings (SSSR count). The van der Waals surface area contributed by atoms with Crippen LogP contribution in [-0.4, -0.2) is 0 Å². The van der Waals surface area contributed by atoms with Crippen molar-refractivity contribution in [2.24, 2.45) is 5.73 Å². The fraction of sp³-hybridized carbons (Fsp3) is 0.278. The molecule has 0 saturated carbocycles. The first-order valence-corrected chi connectivity index (χ1v) is 7.00. The highest BCUT2D eigenvalue weighted by Gasteiger charge is 2.06. The minimum Gasteiger partial charge on any atom is -0.489 e. The summed E-state index contributed by atoms with van der Waals surface area (Å²) in [5.74, 6) is 0.864. The van der Waals surface area contributed by atoms with Gasteiger partial charge >= 0.3 is 0 Å². The molecule has 0 spiro atoms. The molecule has 0 aliphatic rings. The number of aryl methyl sites for hydroxylation is 2. The maximum atomic E-state index is 8.88. The van der Waals surface area contributed by atoms with Crippen LogP contribution in [0.4, 0.5) is 0 Å². The van der Waals surface area contributed by atoms with E-state index in [0.717, 1.165) is 28.0 Å². The highest BCUT2D eigenvalue weighted by Crippen LogP contribution is 2.23. The summed E-state index contributed by atoms with van der Waals surface area (Å²) in [6.45, 7) is 6.48. The predicted molar refractivity (Wildman–Crippen MR) is 84.0 cm³/mol. The minimum atomic E-state index is 0.0264. The quantitative estimate of drug-likeness (QED) is 0.927. The zero-order valence-electron chi connectivity index (χ0n) is 12.7. The van der Waals surface area contributed by atoms with Crippen LogP contribution in [0.3, 0.4) is 0 Å². The average molecular weight is 280 g/mol. The fourth-order valence-corrected chi connectivity index (χ4v) is 2.20. The standard InChI is InChI=1S/C18H20N2O/c1-12-8-15(10-19)4-5-17(12)11-21-18-7-6-16(14(3)20)9-13(18)2/h4-9,14H,11,20H2,1-3H3/t14-/m1/s1. The van der Waals surface area contributed by atoms with E-state index in [0.29, 0.717) is 12.2 Å². The van der Waals surface area contributed by atoms with E-state index in [9.17, 15) is 0 Å². The molecule has 3 heteroatoms. The lowest BCUT2D eigenvalue weighted by molar-refractivity contribution is 0.303. The number of hydrogen-bond acceptors (Lipinski definition) is 3. The van der Waals surface area contributed by atoms with E-state index in [4.69, 9.17) is 15.7 Å². The average Bonchev–Trinajstić information content (AvgIpc) is 2.46. The van der Waals surface area contributed by atoms with Crippen molar-refractivity contribution in [3.8, 4) is 11.8 Å². The molecule has 0 aliphatic heterocycles. The summed E-state index contributed by atoms with van der Waals surface area (Å²) >= 11 is 0. The maximum absolute atomic E-state index is 8.88. The Hall–Kier alpha value is -2.31. The van der Waals surface area contributed by atoms with Crippen molar-refractivity contribution in [2.75, 3.05) is 0 Å². The Balaban J connectivity index is 2.12. The van der Waals surface area contributed by atoms with Gasteiger partial charge in [-0.3, -0.25) is 0 Å². The van der Waals surface area contributed by atoms with Crippen molar-refractivity contribution in [3.63, 3.8) is 0 Å². The molecule has 3 nitrogen and oxygen atoms in total. The molecule has 21 heavy (non-hydrogen) atoms. The SMILES string of the molecule is Cc1cc(C#N)ccc1COc1ccc([C@@H](C)N)cc1C. The largest absolute Gasteiger partial charge is 0.489 e. The van der Waals surface area contributed by atoms with Crippen LogP contribution in [0.2, 0.25) is 0 Å². The second-order valence-corrected chi connectivity index (χ2v) is 5.36. The van der Waals surface area contributed by atoms with Gasteiger partial charge < -0.3 is 10.5 Å². The van der Waals surface area contributed by atoms with Crippen molar-refractivity contribution in [1.82, 2.24) is 0 Å². The van der Waals surface area contributed by atoms with Gasteiger partial charge in [-0.25, -0.2) is 0 Å². The molecule has 0 aromatic heterocycles. The molecule has 0 fully saturated rings. The van der Waals surface area contributed by atoms with Gasteiger partial charge in [0.05, 0.1) is 11.6 Å². The summed E-state index contributed by atoms with van der Waals surface area (Å²) < 4.78 is 5.89. The molecule has 0 aliphatic carbocycles. The lowest BCUT2D eigenvalue weighted by atomic mass is 10.1. The Kier molecular flexibility index (Phi) is 4.62. The van der Waals surface area contributed by atoms with E-state index in [1.807, 2.05) is 51.1 Å². The number of nitrogens with zero attached hydrogens (tertiary/aromatic N) is 1. The van der Waals surface area contributed by atoms with Gasteiger partial charge in [0, 0.05) is 6.04 Å². The summed E-state index contributed by atoms with van der Waals surface area (Å²) in [5, 5.41) is 8.88. The monoisotopic (exact) mass is 280 g/mol. The van der Waals surface area contributed by atoms with E-state index in [1.165, 1.54) is 0 Å². The molecule has 0 heterocycles. The number of rotatable bonds is 4. The first-order chi connectivity index (χ1) is 10.0. The number of ether oxygens (including phenoxy) is 1. The molecule has 0 unspecified atom stereocenters. The summed E-state index contributed by atoms with van der Waals surface area (Å²) in [7, 11) is 0. The molecule has 108 valence electrons. The van der Waals surface area contributed by atoms with E-state index >= 15 is 0 Å². The van der Waals surface area contributed by atoms with E-state index in [-0.39, 0.29) is 6.04 Å². The normalized spacial score (nSPS) is 11.8. The second kappa shape index (κ2) is 6.43. The molecular formula is C18H20N2O. The molecule has 0 saturated heterocycles. The van der Waals surface area contributed by atoms with Gasteiger partial charge in [0.2, 0.25) is 0 Å². The van der Waals surface area contributed by atoms with Gasteiger partial charge in [-0.05, 0) is 61.2 Å². The van der Waals surface area contributed by atoms with Gasteiger partial charge in [-0.2, -0.15) is 5.26 Å². The Labute approximate surface area is 126 Å². The minimum absolute atomic E-state index is 0.0264. The summed E-state index contributed by atoms with van der Waals surface area (Å²) in [4.78, 5) is 0. The lowest BCUT2D eigenvalue weighted by Crippen LogP contribution is -2.06. The zero-order valence-corrected chi connectivity index (χ0v) is 12.7. The molecule has 2 aromatic carbocycles. The van der Waals surface area contributed by atoms with E-state index < -0.39 is 0 Å². The van der Waals surface area contributed by atoms with Crippen LogP contribution < -0.4 is 10.5 Å². The van der Waals surface area contributed by atoms with E-state index in [1.54, 1.807) is 0 Å². The van der Waals surface area contributed by atoms with Crippen LogP contribution in [-0.2, 0) is 6.61 Å². The van der Waals surface area contributed by atoms with Crippen LogP contribution in [0.5, 0.6) is 5.75 Å². The number of nitriles is 1. The predicted octanol–water partition coefficient (Wildman–Crippen LogP) is 3.77. The molecule has 0 radical (unpaired) electrons. The molecule has 2 N–H and O–H groups in total. The third-order valence-corrected chi connectivity index (χ3v) is 3.58.